The quantitative estimate of drug-likeness (QED) is 0.673. The molecular formula is C21H25BrN2O2S. The summed E-state index contributed by atoms with van der Waals surface area (Å²) in [7, 11) is 1.75. The Bertz CT molecular complexity index is 826. The van der Waals surface area contributed by atoms with Crippen molar-refractivity contribution >= 4 is 45.2 Å². The molecule has 6 heteroatoms. The fourth-order valence-electron chi connectivity index (χ4n) is 2.72. The molecule has 0 aliphatic heterocycles. The second kappa shape index (κ2) is 9.95. The molecule has 0 fully saturated rings. The van der Waals surface area contributed by atoms with E-state index in [-0.39, 0.29) is 11.8 Å². The first-order valence-electron chi connectivity index (χ1n) is 8.73. The van der Waals surface area contributed by atoms with Gasteiger partial charge in [0.15, 0.2) is 0 Å². The van der Waals surface area contributed by atoms with E-state index in [1.807, 2.05) is 56.5 Å². The van der Waals surface area contributed by atoms with Gasteiger partial charge in [0, 0.05) is 22.8 Å². The zero-order valence-corrected chi connectivity index (χ0v) is 18.5. The molecule has 0 radical (unpaired) electrons. The lowest BCUT2D eigenvalue weighted by atomic mass is 10.1. The highest BCUT2D eigenvalue weighted by Crippen LogP contribution is 2.23. The molecular weight excluding hydrogens is 424 g/mol. The normalized spacial score (nSPS) is 11.7. The number of carbonyl (C=O) groups is 2. The molecule has 0 aromatic heterocycles. The van der Waals surface area contributed by atoms with Crippen molar-refractivity contribution in [1.29, 1.82) is 0 Å². The van der Waals surface area contributed by atoms with E-state index in [2.05, 4.69) is 21.2 Å². The van der Waals surface area contributed by atoms with Crippen LogP contribution in [0.3, 0.4) is 0 Å². The second-order valence-electron chi connectivity index (χ2n) is 6.51. The van der Waals surface area contributed by atoms with E-state index in [0.29, 0.717) is 12.0 Å². The molecule has 144 valence electrons. The van der Waals surface area contributed by atoms with Gasteiger partial charge in [0.1, 0.15) is 6.04 Å². The smallest absolute Gasteiger partial charge is 0.251 e. The summed E-state index contributed by atoms with van der Waals surface area (Å²) in [6, 6.07) is 12.6. The first kappa shape index (κ1) is 21.5. The van der Waals surface area contributed by atoms with Crippen molar-refractivity contribution in [3.63, 3.8) is 0 Å². The molecule has 0 bridgehead atoms. The summed E-state index contributed by atoms with van der Waals surface area (Å²) in [5, 5.41) is 2.92. The molecule has 2 aromatic carbocycles. The zero-order valence-electron chi connectivity index (χ0n) is 16.1. The lowest BCUT2D eigenvalue weighted by Gasteiger charge is -2.25. The van der Waals surface area contributed by atoms with Crippen molar-refractivity contribution in [3.05, 3.63) is 63.6 Å². The number of hydrogen-bond donors (Lipinski definition) is 1. The highest BCUT2D eigenvalue weighted by Gasteiger charge is 2.25. The van der Waals surface area contributed by atoms with Crippen LogP contribution in [0.5, 0.6) is 0 Å². The van der Waals surface area contributed by atoms with E-state index >= 15 is 0 Å². The third-order valence-corrected chi connectivity index (χ3v) is 5.89. The van der Waals surface area contributed by atoms with Gasteiger partial charge in [-0.2, -0.15) is 11.8 Å². The summed E-state index contributed by atoms with van der Waals surface area (Å²) in [6.45, 7) is 3.92. The van der Waals surface area contributed by atoms with Gasteiger partial charge in [-0.25, -0.2) is 0 Å². The second-order valence-corrected chi connectivity index (χ2v) is 8.35. The molecule has 1 N–H and O–H groups in total. The summed E-state index contributed by atoms with van der Waals surface area (Å²) >= 11 is 5.14. The lowest BCUT2D eigenvalue weighted by molar-refractivity contribution is -0.120. The van der Waals surface area contributed by atoms with E-state index in [9.17, 15) is 9.59 Å². The van der Waals surface area contributed by atoms with Crippen molar-refractivity contribution in [3.8, 4) is 0 Å². The van der Waals surface area contributed by atoms with Gasteiger partial charge in [0.25, 0.3) is 5.91 Å². The number of rotatable bonds is 7. The van der Waals surface area contributed by atoms with Crippen LogP contribution in [0.15, 0.2) is 46.9 Å². The van der Waals surface area contributed by atoms with E-state index in [1.165, 1.54) is 0 Å². The Hall–Kier alpha value is -1.79. The fourth-order valence-corrected chi connectivity index (χ4v) is 3.44. The summed E-state index contributed by atoms with van der Waals surface area (Å²) in [4.78, 5) is 27.3. The average molecular weight is 449 g/mol. The maximum absolute atomic E-state index is 13.1. The number of carbonyl (C=O) groups excluding carboxylic acids is 2. The van der Waals surface area contributed by atoms with Gasteiger partial charge < -0.3 is 10.2 Å². The molecule has 0 aliphatic rings. The monoisotopic (exact) mass is 448 g/mol. The van der Waals surface area contributed by atoms with Gasteiger partial charge in [-0.3, -0.25) is 9.59 Å². The number of anilines is 1. The Morgan fingerprint density at radius 3 is 2.56 bits per heavy atom. The molecule has 0 aliphatic carbocycles. The number of amides is 2. The standard InChI is InChI=1S/C21H25BrN2O2S/c1-14-6-5-7-16(12-14)20(25)23-19(10-11-27-4)21(26)24(3)17-8-9-18(22)15(2)13-17/h5-9,12-13,19H,10-11H2,1-4H3,(H,23,25). The topological polar surface area (TPSA) is 49.4 Å². The highest BCUT2D eigenvalue weighted by molar-refractivity contribution is 9.10. The molecule has 2 aromatic rings. The number of thioether (sulfide) groups is 1. The van der Waals surface area contributed by atoms with Gasteiger partial charge in [-0.05, 0) is 68.2 Å². The first-order valence-corrected chi connectivity index (χ1v) is 10.9. The lowest BCUT2D eigenvalue weighted by Crippen LogP contribution is -2.48. The number of hydrogen-bond acceptors (Lipinski definition) is 3. The average Bonchev–Trinajstić information content (AvgIpc) is 2.66. The molecule has 0 saturated heterocycles. The SMILES string of the molecule is CSCCC(NC(=O)c1cccc(C)c1)C(=O)N(C)c1ccc(Br)c(C)c1. The maximum atomic E-state index is 13.1. The number of aryl methyl sites for hydroxylation is 2. The van der Waals surface area contributed by atoms with Gasteiger partial charge in [0.05, 0.1) is 0 Å². The third-order valence-electron chi connectivity index (χ3n) is 4.35. The minimum absolute atomic E-state index is 0.119. The Morgan fingerprint density at radius 2 is 1.93 bits per heavy atom. The number of nitrogens with zero attached hydrogens (tertiary/aromatic N) is 1. The maximum Gasteiger partial charge on any atom is 0.251 e. The minimum atomic E-state index is -0.570. The Balaban J connectivity index is 2.19. The fraction of sp³-hybridized carbons (Fsp3) is 0.333. The predicted molar refractivity (Wildman–Crippen MR) is 118 cm³/mol. The van der Waals surface area contributed by atoms with E-state index < -0.39 is 6.04 Å². The Labute approximate surface area is 173 Å². The van der Waals surface area contributed by atoms with Crippen LogP contribution in [0.25, 0.3) is 0 Å². The number of likely N-dealkylation sites (N-methyl/N-ethyl adjacent to an activating group) is 1. The molecule has 0 heterocycles. The summed E-state index contributed by atoms with van der Waals surface area (Å²) < 4.78 is 0.999. The molecule has 1 atom stereocenters. The van der Waals surface area contributed by atoms with Crippen molar-refractivity contribution in [1.82, 2.24) is 5.32 Å². The van der Waals surface area contributed by atoms with Crippen molar-refractivity contribution in [2.45, 2.75) is 26.3 Å². The minimum Gasteiger partial charge on any atom is -0.340 e. The number of benzene rings is 2. The molecule has 2 rings (SSSR count). The van der Waals surface area contributed by atoms with Crippen LogP contribution >= 0.6 is 27.7 Å². The van der Waals surface area contributed by atoms with Crippen molar-refractivity contribution in [2.24, 2.45) is 0 Å². The molecule has 4 nitrogen and oxygen atoms in total. The largest absolute Gasteiger partial charge is 0.340 e. The Kier molecular flexibility index (Phi) is 7.92. The van der Waals surface area contributed by atoms with E-state index in [1.54, 1.807) is 29.8 Å². The van der Waals surface area contributed by atoms with E-state index in [0.717, 1.165) is 27.0 Å². The summed E-state index contributed by atoms with van der Waals surface area (Å²) in [6.07, 6.45) is 2.57. The van der Waals surface area contributed by atoms with Gasteiger partial charge >= 0.3 is 0 Å². The summed E-state index contributed by atoms with van der Waals surface area (Å²) in [5.74, 6) is 0.447. The molecule has 27 heavy (non-hydrogen) atoms. The van der Waals surface area contributed by atoms with Crippen LogP contribution in [0, 0.1) is 13.8 Å². The third kappa shape index (κ3) is 5.84. The van der Waals surface area contributed by atoms with Crippen LogP contribution in [0.4, 0.5) is 5.69 Å². The van der Waals surface area contributed by atoms with Crippen LogP contribution in [-0.2, 0) is 4.79 Å². The van der Waals surface area contributed by atoms with Crippen LogP contribution in [0.1, 0.15) is 27.9 Å². The molecule has 0 saturated carbocycles. The zero-order chi connectivity index (χ0) is 20.0. The van der Waals surface area contributed by atoms with Crippen LogP contribution in [-0.4, -0.2) is 36.9 Å². The predicted octanol–water partition coefficient (Wildman–Crippen LogP) is 4.58. The number of nitrogens with one attached hydrogen (secondary N) is 1. The van der Waals surface area contributed by atoms with Crippen LogP contribution < -0.4 is 10.2 Å². The molecule has 0 spiro atoms. The van der Waals surface area contributed by atoms with Gasteiger partial charge in [-0.1, -0.05) is 33.6 Å². The van der Waals surface area contributed by atoms with Crippen molar-refractivity contribution < 1.29 is 9.59 Å². The first-order chi connectivity index (χ1) is 12.8. The summed E-state index contributed by atoms with van der Waals surface area (Å²) in [5.41, 5.74) is 3.44. The van der Waals surface area contributed by atoms with E-state index in [4.69, 9.17) is 0 Å². The van der Waals surface area contributed by atoms with Gasteiger partial charge in [-0.15, -0.1) is 0 Å². The molecule has 2 amide bonds. The highest BCUT2D eigenvalue weighted by atomic mass is 79.9. The van der Waals surface area contributed by atoms with Crippen molar-refractivity contribution in [2.75, 3.05) is 24.0 Å². The van der Waals surface area contributed by atoms with Gasteiger partial charge in [0.2, 0.25) is 5.91 Å². The molecule has 1 unspecified atom stereocenters. The Morgan fingerprint density at radius 1 is 1.19 bits per heavy atom. The van der Waals surface area contributed by atoms with Crippen LogP contribution in [0.2, 0.25) is 0 Å². The number of halogens is 1.